The van der Waals surface area contributed by atoms with Crippen LogP contribution in [-0.2, 0) is 4.79 Å². The van der Waals surface area contributed by atoms with E-state index in [0.717, 1.165) is 25.8 Å². The number of halogens is 2. The predicted molar refractivity (Wildman–Crippen MR) is 97.2 cm³/mol. The van der Waals surface area contributed by atoms with Gasteiger partial charge in [-0.15, -0.1) is 0 Å². The van der Waals surface area contributed by atoms with Gasteiger partial charge in [0.25, 0.3) is 0 Å². The molecule has 114 valence electrons. The summed E-state index contributed by atoms with van der Waals surface area (Å²) in [5.74, 6) is 0.522. The Balaban J connectivity index is 2.15. The minimum Gasteiger partial charge on any atom is -0.496 e. The number of hydrogen-bond donors (Lipinski definition) is 1. The van der Waals surface area contributed by atoms with Crippen LogP contribution < -0.4 is 10.1 Å². The van der Waals surface area contributed by atoms with Crippen LogP contribution >= 0.6 is 31.9 Å². The van der Waals surface area contributed by atoms with Crippen molar-refractivity contribution < 1.29 is 9.53 Å². The Morgan fingerprint density at radius 1 is 1.23 bits per heavy atom. The van der Waals surface area contributed by atoms with E-state index in [2.05, 4.69) is 37.2 Å². The molecule has 1 N–H and O–H groups in total. The molecular formula is C17H15Br2NO2. The van der Waals surface area contributed by atoms with Gasteiger partial charge >= 0.3 is 0 Å². The molecule has 0 aliphatic carbocycles. The molecule has 0 spiro atoms. The molecule has 0 fully saturated rings. The molecular weight excluding hydrogens is 410 g/mol. The average Bonchev–Trinajstić information content (AvgIpc) is 2.50. The van der Waals surface area contributed by atoms with Gasteiger partial charge in [-0.1, -0.05) is 37.9 Å². The first kappa shape index (κ1) is 16.8. The third-order valence-corrected chi connectivity index (χ3v) is 4.48. The summed E-state index contributed by atoms with van der Waals surface area (Å²) in [7, 11) is 1.60. The summed E-state index contributed by atoms with van der Waals surface area (Å²) < 4.78 is 7.16. The Kier molecular flexibility index (Phi) is 5.80. The second-order valence-electron chi connectivity index (χ2n) is 4.62. The van der Waals surface area contributed by atoms with Crippen molar-refractivity contribution in [3.8, 4) is 5.75 Å². The van der Waals surface area contributed by atoms with Gasteiger partial charge in [0.05, 0.1) is 7.11 Å². The van der Waals surface area contributed by atoms with Gasteiger partial charge in [0.2, 0.25) is 5.91 Å². The third kappa shape index (κ3) is 4.21. The topological polar surface area (TPSA) is 38.3 Å². The first-order valence-electron chi connectivity index (χ1n) is 6.59. The standard InChI is InChI=1S/C17H15Br2NO2/c1-11-14(19)4-3-5-15(11)20-17(21)9-6-12-10-13(18)7-8-16(12)22-2/h3-10H,1-2H3,(H,20,21). The van der Waals surface area contributed by atoms with Crippen molar-refractivity contribution in [2.45, 2.75) is 6.92 Å². The lowest BCUT2D eigenvalue weighted by molar-refractivity contribution is -0.111. The number of hydrogen-bond acceptors (Lipinski definition) is 2. The lowest BCUT2D eigenvalue weighted by Crippen LogP contribution is -2.09. The molecule has 0 radical (unpaired) electrons. The van der Waals surface area contributed by atoms with Crippen LogP contribution in [0.2, 0.25) is 0 Å². The number of benzene rings is 2. The number of anilines is 1. The predicted octanol–water partition coefficient (Wildman–Crippen LogP) is 5.18. The number of carbonyl (C=O) groups excluding carboxylic acids is 1. The van der Waals surface area contributed by atoms with Gasteiger partial charge in [-0.3, -0.25) is 4.79 Å². The van der Waals surface area contributed by atoms with Gasteiger partial charge in [0.15, 0.2) is 0 Å². The highest BCUT2D eigenvalue weighted by molar-refractivity contribution is 9.10. The number of rotatable bonds is 4. The highest BCUT2D eigenvalue weighted by Crippen LogP contribution is 2.25. The van der Waals surface area contributed by atoms with Crippen LogP contribution in [0.25, 0.3) is 6.08 Å². The smallest absolute Gasteiger partial charge is 0.248 e. The monoisotopic (exact) mass is 423 g/mol. The number of ether oxygens (including phenoxy) is 1. The molecule has 0 saturated carbocycles. The van der Waals surface area contributed by atoms with Gasteiger partial charge < -0.3 is 10.1 Å². The molecule has 2 aromatic rings. The van der Waals surface area contributed by atoms with Crippen LogP contribution in [0.1, 0.15) is 11.1 Å². The molecule has 0 heterocycles. The van der Waals surface area contributed by atoms with Crippen molar-refractivity contribution in [1.29, 1.82) is 0 Å². The lowest BCUT2D eigenvalue weighted by Gasteiger charge is -2.08. The second-order valence-corrected chi connectivity index (χ2v) is 6.39. The minimum atomic E-state index is -0.191. The van der Waals surface area contributed by atoms with Crippen LogP contribution in [0.5, 0.6) is 5.75 Å². The molecule has 0 atom stereocenters. The largest absolute Gasteiger partial charge is 0.496 e. The maximum absolute atomic E-state index is 12.1. The van der Waals surface area contributed by atoms with Crippen LogP contribution in [0.4, 0.5) is 5.69 Å². The molecule has 3 nitrogen and oxygen atoms in total. The van der Waals surface area contributed by atoms with Crippen LogP contribution in [-0.4, -0.2) is 13.0 Å². The lowest BCUT2D eigenvalue weighted by atomic mass is 10.1. The SMILES string of the molecule is COc1ccc(Br)cc1C=CC(=O)Nc1cccc(Br)c1C. The van der Waals surface area contributed by atoms with E-state index in [0.29, 0.717) is 5.75 Å². The minimum absolute atomic E-state index is 0.191. The quantitative estimate of drug-likeness (QED) is 0.686. The molecule has 0 aromatic heterocycles. The molecule has 2 aromatic carbocycles. The summed E-state index contributed by atoms with van der Waals surface area (Å²) >= 11 is 6.86. The molecule has 5 heteroatoms. The fraction of sp³-hybridized carbons (Fsp3) is 0.118. The van der Waals surface area contributed by atoms with E-state index in [9.17, 15) is 4.79 Å². The van der Waals surface area contributed by atoms with Crippen molar-refractivity contribution in [2.75, 3.05) is 12.4 Å². The summed E-state index contributed by atoms with van der Waals surface area (Å²) in [6.07, 6.45) is 3.22. The highest BCUT2D eigenvalue weighted by atomic mass is 79.9. The van der Waals surface area contributed by atoms with Crippen LogP contribution in [0, 0.1) is 6.92 Å². The molecule has 0 bridgehead atoms. The Morgan fingerprint density at radius 2 is 2.00 bits per heavy atom. The maximum atomic E-state index is 12.1. The summed E-state index contributed by atoms with van der Waals surface area (Å²) in [5.41, 5.74) is 2.60. The van der Waals surface area contributed by atoms with Gasteiger partial charge in [-0.05, 0) is 48.9 Å². The molecule has 0 unspecified atom stereocenters. The zero-order valence-electron chi connectivity index (χ0n) is 12.2. The molecule has 22 heavy (non-hydrogen) atoms. The Bertz CT molecular complexity index is 727. The molecule has 0 aliphatic rings. The first-order chi connectivity index (χ1) is 10.5. The van der Waals surface area contributed by atoms with E-state index in [1.54, 1.807) is 13.2 Å². The molecule has 0 aliphatic heterocycles. The molecule has 2 rings (SSSR count). The van der Waals surface area contributed by atoms with Gasteiger partial charge in [0.1, 0.15) is 5.75 Å². The summed E-state index contributed by atoms with van der Waals surface area (Å²) in [6, 6.07) is 11.3. The zero-order chi connectivity index (χ0) is 16.1. The van der Waals surface area contributed by atoms with Crippen LogP contribution in [0.3, 0.4) is 0 Å². The fourth-order valence-corrected chi connectivity index (χ4v) is 2.66. The Hall–Kier alpha value is -1.59. The average molecular weight is 425 g/mol. The Morgan fingerprint density at radius 3 is 2.73 bits per heavy atom. The van der Waals surface area contributed by atoms with E-state index in [4.69, 9.17) is 4.74 Å². The van der Waals surface area contributed by atoms with Gasteiger partial charge in [-0.25, -0.2) is 0 Å². The normalized spacial score (nSPS) is 10.7. The first-order valence-corrected chi connectivity index (χ1v) is 8.17. The maximum Gasteiger partial charge on any atom is 0.248 e. The number of amides is 1. The zero-order valence-corrected chi connectivity index (χ0v) is 15.4. The summed E-state index contributed by atoms with van der Waals surface area (Å²) in [4.78, 5) is 12.1. The van der Waals surface area contributed by atoms with Crippen molar-refractivity contribution in [3.63, 3.8) is 0 Å². The number of nitrogens with one attached hydrogen (secondary N) is 1. The molecule has 0 saturated heterocycles. The number of carbonyl (C=O) groups is 1. The van der Waals surface area contributed by atoms with Crippen molar-refractivity contribution in [3.05, 3.63) is 62.5 Å². The van der Waals surface area contributed by atoms with Gasteiger partial charge in [0, 0.05) is 26.3 Å². The Labute approximate surface area is 146 Å². The third-order valence-electron chi connectivity index (χ3n) is 3.13. The molecule has 1 amide bonds. The highest BCUT2D eigenvalue weighted by Gasteiger charge is 2.05. The van der Waals surface area contributed by atoms with Crippen molar-refractivity contribution in [2.24, 2.45) is 0 Å². The van der Waals surface area contributed by atoms with E-state index >= 15 is 0 Å². The number of methoxy groups -OCH3 is 1. The van der Waals surface area contributed by atoms with E-state index in [-0.39, 0.29) is 5.91 Å². The second kappa shape index (κ2) is 7.61. The van der Waals surface area contributed by atoms with E-state index < -0.39 is 0 Å². The summed E-state index contributed by atoms with van der Waals surface area (Å²) in [6.45, 7) is 1.95. The van der Waals surface area contributed by atoms with Crippen molar-refractivity contribution in [1.82, 2.24) is 0 Å². The van der Waals surface area contributed by atoms with Crippen molar-refractivity contribution >= 4 is 49.5 Å². The summed E-state index contributed by atoms with van der Waals surface area (Å²) in [5, 5.41) is 2.87. The van der Waals surface area contributed by atoms with Crippen LogP contribution in [0.15, 0.2) is 51.4 Å². The van der Waals surface area contributed by atoms with E-state index in [1.807, 2.05) is 43.3 Å². The van der Waals surface area contributed by atoms with Gasteiger partial charge in [-0.2, -0.15) is 0 Å². The fourth-order valence-electron chi connectivity index (χ4n) is 1.92. The van der Waals surface area contributed by atoms with E-state index in [1.165, 1.54) is 6.08 Å².